The number of nitrogens with one attached hydrogen (secondary N) is 2. The van der Waals surface area contributed by atoms with Crippen LogP contribution in [-0.4, -0.2) is 29.8 Å². The summed E-state index contributed by atoms with van der Waals surface area (Å²) in [5, 5.41) is 16.2. The van der Waals surface area contributed by atoms with E-state index in [-0.39, 0.29) is 36.4 Å². The second kappa shape index (κ2) is 10.1. The van der Waals surface area contributed by atoms with Crippen molar-refractivity contribution in [2.75, 3.05) is 13.1 Å². The van der Waals surface area contributed by atoms with Crippen LogP contribution in [0.25, 0.3) is 0 Å². The molecule has 2 aromatic carbocycles. The molecule has 0 aliphatic rings. The lowest BCUT2D eigenvalue weighted by molar-refractivity contribution is -0.384. The van der Waals surface area contributed by atoms with Crippen molar-refractivity contribution in [3.05, 3.63) is 75.8 Å². The predicted molar refractivity (Wildman–Crippen MR) is 103 cm³/mol. The molecule has 0 bridgehead atoms. The molecule has 2 aromatic rings. The Hall–Kier alpha value is -3.22. The van der Waals surface area contributed by atoms with E-state index < -0.39 is 4.92 Å². The van der Waals surface area contributed by atoms with Crippen molar-refractivity contribution in [2.24, 2.45) is 0 Å². The van der Waals surface area contributed by atoms with Crippen LogP contribution in [0.1, 0.15) is 41.6 Å². The van der Waals surface area contributed by atoms with Crippen LogP contribution in [0.15, 0.2) is 54.6 Å². The third kappa shape index (κ3) is 6.22. The van der Waals surface area contributed by atoms with E-state index in [0.717, 1.165) is 6.42 Å². The number of carbonyl (C=O) groups is 2. The van der Waals surface area contributed by atoms with Crippen molar-refractivity contribution in [1.29, 1.82) is 0 Å². The molecule has 0 saturated heterocycles. The second-order valence-electron chi connectivity index (χ2n) is 6.13. The van der Waals surface area contributed by atoms with Crippen molar-refractivity contribution in [3.63, 3.8) is 0 Å². The van der Waals surface area contributed by atoms with E-state index in [1.165, 1.54) is 29.8 Å². The lowest BCUT2D eigenvalue weighted by atomic mass is 9.96. The maximum atomic E-state index is 12.0. The van der Waals surface area contributed by atoms with Gasteiger partial charge in [-0.15, -0.1) is 0 Å². The number of carbonyl (C=O) groups excluding carboxylic acids is 2. The van der Waals surface area contributed by atoms with E-state index >= 15 is 0 Å². The first-order valence-electron chi connectivity index (χ1n) is 8.85. The Morgan fingerprint density at radius 1 is 1.04 bits per heavy atom. The molecule has 0 aliphatic heterocycles. The Morgan fingerprint density at radius 2 is 1.70 bits per heavy atom. The number of non-ortho nitro benzene ring substituents is 1. The third-order valence-electron chi connectivity index (χ3n) is 4.29. The fraction of sp³-hybridized carbons (Fsp3) is 0.300. The highest BCUT2D eigenvalue weighted by molar-refractivity contribution is 5.94. The minimum Gasteiger partial charge on any atom is -0.355 e. The average Bonchev–Trinajstić information content (AvgIpc) is 2.69. The first-order chi connectivity index (χ1) is 13.0. The zero-order chi connectivity index (χ0) is 19.6. The van der Waals surface area contributed by atoms with Gasteiger partial charge in [0.2, 0.25) is 5.91 Å². The Labute approximate surface area is 157 Å². The Morgan fingerprint density at radius 3 is 2.30 bits per heavy atom. The van der Waals surface area contributed by atoms with E-state index in [4.69, 9.17) is 0 Å². The zero-order valence-corrected chi connectivity index (χ0v) is 15.2. The summed E-state index contributed by atoms with van der Waals surface area (Å²) in [5.41, 5.74) is 1.43. The monoisotopic (exact) mass is 369 g/mol. The topological polar surface area (TPSA) is 101 Å². The van der Waals surface area contributed by atoms with Crippen molar-refractivity contribution in [1.82, 2.24) is 10.6 Å². The fourth-order valence-electron chi connectivity index (χ4n) is 2.67. The molecule has 0 unspecified atom stereocenters. The van der Waals surface area contributed by atoms with Crippen LogP contribution >= 0.6 is 0 Å². The molecule has 2 rings (SSSR count). The van der Waals surface area contributed by atoms with Crippen molar-refractivity contribution in [3.8, 4) is 0 Å². The highest BCUT2D eigenvalue weighted by Crippen LogP contribution is 2.17. The molecule has 27 heavy (non-hydrogen) atoms. The average molecular weight is 369 g/mol. The van der Waals surface area contributed by atoms with Gasteiger partial charge in [-0.05, 0) is 24.1 Å². The predicted octanol–water partition coefficient (Wildman–Crippen LogP) is 3.02. The number of nitro groups is 1. The summed E-state index contributed by atoms with van der Waals surface area (Å²) in [6, 6.07) is 15.3. The molecular formula is C20H23N3O4. The van der Waals surface area contributed by atoms with Gasteiger partial charge in [0.05, 0.1) is 4.92 Å². The minimum atomic E-state index is -0.523. The molecule has 0 fully saturated rings. The molecule has 0 saturated carbocycles. The SMILES string of the molecule is CC[C@H](CNC(=O)CCNC(=O)c1ccc([N+](=O)[O-])cc1)c1ccccc1. The molecule has 2 N–H and O–H groups in total. The lowest BCUT2D eigenvalue weighted by Gasteiger charge is -2.16. The summed E-state index contributed by atoms with van der Waals surface area (Å²) in [6.07, 6.45) is 1.09. The molecule has 0 radical (unpaired) electrons. The summed E-state index contributed by atoms with van der Waals surface area (Å²) in [7, 11) is 0. The summed E-state index contributed by atoms with van der Waals surface area (Å²) in [4.78, 5) is 34.1. The van der Waals surface area contributed by atoms with Crippen LogP contribution in [0.3, 0.4) is 0 Å². The molecule has 142 valence electrons. The van der Waals surface area contributed by atoms with Gasteiger partial charge in [0.15, 0.2) is 0 Å². The molecule has 0 heterocycles. The fourth-order valence-corrected chi connectivity index (χ4v) is 2.67. The summed E-state index contributed by atoms with van der Waals surface area (Å²) in [5.74, 6) is -0.244. The van der Waals surface area contributed by atoms with Crippen LogP contribution in [0.4, 0.5) is 5.69 Å². The van der Waals surface area contributed by atoms with Gasteiger partial charge in [0.25, 0.3) is 11.6 Å². The van der Waals surface area contributed by atoms with E-state index in [2.05, 4.69) is 17.6 Å². The summed E-state index contributed by atoms with van der Waals surface area (Å²) >= 11 is 0. The van der Waals surface area contributed by atoms with Gasteiger partial charge in [-0.25, -0.2) is 0 Å². The first-order valence-corrected chi connectivity index (χ1v) is 8.85. The van der Waals surface area contributed by atoms with Gasteiger partial charge in [0, 0.05) is 43.1 Å². The van der Waals surface area contributed by atoms with Gasteiger partial charge in [0.1, 0.15) is 0 Å². The molecule has 7 nitrogen and oxygen atoms in total. The number of hydrogen-bond donors (Lipinski definition) is 2. The molecule has 2 amide bonds. The molecular weight excluding hydrogens is 346 g/mol. The number of amides is 2. The highest BCUT2D eigenvalue weighted by atomic mass is 16.6. The molecule has 7 heteroatoms. The van der Waals surface area contributed by atoms with Crippen LogP contribution in [0.5, 0.6) is 0 Å². The Kier molecular flexibility index (Phi) is 7.49. The van der Waals surface area contributed by atoms with Crippen LogP contribution in [0.2, 0.25) is 0 Å². The van der Waals surface area contributed by atoms with E-state index in [9.17, 15) is 19.7 Å². The van der Waals surface area contributed by atoms with Gasteiger partial charge in [-0.2, -0.15) is 0 Å². The Balaban J connectivity index is 1.73. The summed E-state index contributed by atoms with van der Waals surface area (Å²) < 4.78 is 0. The van der Waals surface area contributed by atoms with Crippen molar-refractivity contribution >= 4 is 17.5 Å². The van der Waals surface area contributed by atoms with Crippen molar-refractivity contribution < 1.29 is 14.5 Å². The number of rotatable bonds is 9. The van der Waals surface area contributed by atoms with Gasteiger partial charge in [-0.3, -0.25) is 19.7 Å². The van der Waals surface area contributed by atoms with E-state index in [1.807, 2.05) is 30.3 Å². The number of hydrogen-bond acceptors (Lipinski definition) is 4. The maximum absolute atomic E-state index is 12.0. The second-order valence-corrected chi connectivity index (χ2v) is 6.13. The summed E-state index contributed by atoms with van der Waals surface area (Å²) in [6.45, 7) is 2.83. The Bertz CT molecular complexity index is 776. The highest BCUT2D eigenvalue weighted by Gasteiger charge is 2.12. The normalized spacial score (nSPS) is 11.4. The maximum Gasteiger partial charge on any atom is 0.269 e. The smallest absolute Gasteiger partial charge is 0.269 e. The van der Waals surface area contributed by atoms with Gasteiger partial charge in [-0.1, -0.05) is 37.3 Å². The van der Waals surface area contributed by atoms with Crippen LogP contribution in [0, 0.1) is 10.1 Å². The third-order valence-corrected chi connectivity index (χ3v) is 4.29. The van der Waals surface area contributed by atoms with E-state index in [0.29, 0.717) is 12.1 Å². The number of benzene rings is 2. The number of nitro benzene ring substituents is 1. The van der Waals surface area contributed by atoms with Gasteiger partial charge >= 0.3 is 0 Å². The van der Waals surface area contributed by atoms with Crippen LogP contribution in [-0.2, 0) is 4.79 Å². The quantitative estimate of drug-likeness (QED) is 0.524. The number of nitrogens with zero attached hydrogens (tertiary/aromatic N) is 1. The molecule has 0 spiro atoms. The zero-order valence-electron chi connectivity index (χ0n) is 15.2. The standard InChI is InChI=1S/C20H23N3O4/c1-2-15(16-6-4-3-5-7-16)14-22-19(24)12-13-21-20(25)17-8-10-18(11-9-17)23(26)27/h3-11,15H,2,12-14H2,1H3,(H,21,25)(H,22,24)/t15-/m1/s1. The largest absolute Gasteiger partial charge is 0.355 e. The molecule has 0 aliphatic carbocycles. The first kappa shape index (κ1) is 20.1. The van der Waals surface area contributed by atoms with Gasteiger partial charge < -0.3 is 10.6 Å². The van der Waals surface area contributed by atoms with E-state index in [1.54, 1.807) is 0 Å². The van der Waals surface area contributed by atoms with Crippen molar-refractivity contribution in [2.45, 2.75) is 25.7 Å². The van der Waals surface area contributed by atoms with Crippen LogP contribution < -0.4 is 10.6 Å². The lowest BCUT2D eigenvalue weighted by Crippen LogP contribution is -2.32. The molecule has 0 aromatic heterocycles. The molecule has 1 atom stereocenters. The minimum absolute atomic E-state index is 0.0742.